The second-order valence-electron chi connectivity index (χ2n) is 5.34. The molecule has 2 N–H and O–H groups in total. The van der Waals surface area contributed by atoms with Gasteiger partial charge in [-0.3, -0.25) is 4.79 Å². The summed E-state index contributed by atoms with van der Waals surface area (Å²) in [5, 5.41) is 14.7. The molecule has 0 spiro atoms. The fraction of sp³-hybridized carbons (Fsp3) is 0.467. The number of halogens is 1. The van der Waals surface area contributed by atoms with Gasteiger partial charge in [-0.1, -0.05) is 0 Å². The highest BCUT2D eigenvalue weighted by molar-refractivity contribution is 5.82. The summed E-state index contributed by atoms with van der Waals surface area (Å²) in [7, 11) is 1.39. The van der Waals surface area contributed by atoms with Crippen LogP contribution in [-0.2, 0) is 4.79 Å². The Bertz CT molecular complexity index is 581. The average Bonchev–Trinajstić information content (AvgIpc) is 3.30. The molecular weight excluding hydrogens is 273 g/mol. The van der Waals surface area contributed by atoms with Gasteiger partial charge in [-0.2, -0.15) is 5.26 Å². The van der Waals surface area contributed by atoms with Crippen molar-refractivity contribution < 1.29 is 13.9 Å². The van der Waals surface area contributed by atoms with Crippen molar-refractivity contribution in [3.8, 4) is 11.8 Å². The molecule has 0 unspecified atom stereocenters. The van der Waals surface area contributed by atoms with E-state index in [1.54, 1.807) is 13.0 Å². The molecule has 0 radical (unpaired) electrons. The maximum absolute atomic E-state index is 13.5. The van der Waals surface area contributed by atoms with E-state index in [1.807, 2.05) is 0 Å². The number of hydrogen-bond donors (Lipinski definition) is 2. The second kappa shape index (κ2) is 6.00. The molecule has 5 nitrogen and oxygen atoms in total. The Labute approximate surface area is 123 Å². The average molecular weight is 291 g/mol. The van der Waals surface area contributed by atoms with E-state index in [2.05, 4.69) is 16.7 Å². The summed E-state index contributed by atoms with van der Waals surface area (Å²) >= 11 is 0. The minimum absolute atomic E-state index is 0.0181. The summed E-state index contributed by atoms with van der Waals surface area (Å²) in [6, 6.07) is 6.53. The van der Waals surface area contributed by atoms with Crippen LogP contribution in [0.1, 0.15) is 19.8 Å². The van der Waals surface area contributed by atoms with Gasteiger partial charge < -0.3 is 15.4 Å². The molecule has 1 amide bonds. The van der Waals surface area contributed by atoms with Crippen LogP contribution < -0.4 is 15.4 Å². The summed E-state index contributed by atoms with van der Waals surface area (Å²) in [6.07, 6.45) is 1.92. The number of hydrogen-bond acceptors (Lipinski definition) is 4. The molecular formula is C15H18FN3O2. The van der Waals surface area contributed by atoms with Crippen LogP contribution in [0.2, 0.25) is 0 Å². The lowest BCUT2D eigenvalue weighted by molar-refractivity contribution is -0.120. The molecule has 1 atom stereocenters. The molecule has 1 aromatic rings. The number of ether oxygens (including phenoxy) is 1. The van der Waals surface area contributed by atoms with Crippen molar-refractivity contribution in [1.29, 1.82) is 5.26 Å². The van der Waals surface area contributed by atoms with Gasteiger partial charge in [-0.05, 0) is 37.8 Å². The number of methoxy groups -OCH3 is 1. The Kier molecular flexibility index (Phi) is 4.32. The fourth-order valence-electron chi connectivity index (χ4n) is 2.17. The number of amides is 1. The van der Waals surface area contributed by atoms with Gasteiger partial charge in [-0.15, -0.1) is 0 Å². The molecule has 6 heteroatoms. The second-order valence-corrected chi connectivity index (χ2v) is 5.34. The van der Waals surface area contributed by atoms with Crippen LogP contribution >= 0.6 is 0 Å². The van der Waals surface area contributed by atoms with Crippen LogP contribution in [0.3, 0.4) is 0 Å². The van der Waals surface area contributed by atoms with Crippen molar-refractivity contribution in [2.75, 3.05) is 19.0 Å². The molecule has 0 saturated heterocycles. The highest BCUT2D eigenvalue weighted by atomic mass is 19.1. The summed E-state index contributed by atoms with van der Waals surface area (Å²) in [4.78, 5) is 11.9. The largest absolute Gasteiger partial charge is 0.494 e. The molecule has 21 heavy (non-hydrogen) atoms. The third-order valence-corrected chi connectivity index (χ3v) is 3.63. The number of nitrogens with zero attached hydrogens (tertiary/aromatic N) is 1. The third kappa shape index (κ3) is 3.63. The summed E-state index contributed by atoms with van der Waals surface area (Å²) in [6.45, 7) is 1.71. The van der Waals surface area contributed by atoms with Crippen molar-refractivity contribution in [1.82, 2.24) is 5.32 Å². The minimum Gasteiger partial charge on any atom is -0.494 e. The quantitative estimate of drug-likeness (QED) is 0.841. The van der Waals surface area contributed by atoms with Crippen LogP contribution in [0.5, 0.6) is 5.75 Å². The Hall–Kier alpha value is -2.29. The van der Waals surface area contributed by atoms with E-state index in [-0.39, 0.29) is 24.1 Å². The van der Waals surface area contributed by atoms with Gasteiger partial charge in [0.15, 0.2) is 11.6 Å². The van der Waals surface area contributed by atoms with E-state index in [0.717, 1.165) is 12.8 Å². The first-order chi connectivity index (χ1) is 9.98. The van der Waals surface area contributed by atoms with Gasteiger partial charge in [0.1, 0.15) is 5.54 Å². The number of carbonyl (C=O) groups is 1. The maximum Gasteiger partial charge on any atom is 0.240 e. The molecule has 112 valence electrons. The molecule has 1 aliphatic rings. The Morgan fingerprint density at radius 1 is 1.57 bits per heavy atom. The molecule has 0 heterocycles. The number of carbonyl (C=O) groups excluding carboxylic acids is 1. The van der Waals surface area contributed by atoms with Gasteiger partial charge in [-0.25, -0.2) is 4.39 Å². The Morgan fingerprint density at radius 2 is 2.29 bits per heavy atom. The smallest absolute Gasteiger partial charge is 0.240 e. The van der Waals surface area contributed by atoms with E-state index in [9.17, 15) is 14.4 Å². The minimum atomic E-state index is -0.816. The zero-order chi connectivity index (χ0) is 15.5. The van der Waals surface area contributed by atoms with Gasteiger partial charge in [0.05, 0.1) is 19.7 Å². The molecule has 1 fully saturated rings. The Balaban J connectivity index is 1.89. The van der Waals surface area contributed by atoms with Gasteiger partial charge in [0, 0.05) is 11.8 Å². The van der Waals surface area contributed by atoms with E-state index in [1.165, 1.54) is 19.2 Å². The van der Waals surface area contributed by atoms with Crippen molar-refractivity contribution in [2.45, 2.75) is 25.3 Å². The first kappa shape index (κ1) is 15.1. The van der Waals surface area contributed by atoms with E-state index in [0.29, 0.717) is 5.69 Å². The highest BCUT2D eigenvalue weighted by Crippen LogP contribution is 2.39. The molecule has 1 saturated carbocycles. The topological polar surface area (TPSA) is 74.2 Å². The van der Waals surface area contributed by atoms with Crippen LogP contribution in [0, 0.1) is 23.1 Å². The zero-order valence-corrected chi connectivity index (χ0v) is 12.1. The molecule has 0 aromatic heterocycles. The number of nitrogens with one attached hydrogen (secondary N) is 2. The van der Waals surface area contributed by atoms with Crippen molar-refractivity contribution >= 4 is 11.6 Å². The normalized spacial score (nSPS) is 16.5. The monoisotopic (exact) mass is 291 g/mol. The van der Waals surface area contributed by atoms with E-state index in [4.69, 9.17) is 4.74 Å². The molecule has 1 aromatic carbocycles. The summed E-state index contributed by atoms with van der Waals surface area (Å²) in [5.74, 6) is -0.411. The fourth-order valence-corrected chi connectivity index (χ4v) is 2.17. The SMILES string of the molecule is COc1ccc(NCC(=O)N[C@@](C)(C#N)C2CC2)cc1F. The van der Waals surface area contributed by atoms with Crippen molar-refractivity contribution in [3.05, 3.63) is 24.0 Å². The molecule has 2 rings (SSSR count). The van der Waals surface area contributed by atoms with E-state index < -0.39 is 11.4 Å². The van der Waals surface area contributed by atoms with Crippen LogP contribution in [0.25, 0.3) is 0 Å². The van der Waals surface area contributed by atoms with Gasteiger partial charge in [0.2, 0.25) is 5.91 Å². The van der Waals surface area contributed by atoms with E-state index >= 15 is 0 Å². The molecule has 0 aliphatic heterocycles. The summed E-state index contributed by atoms with van der Waals surface area (Å²) in [5.41, 5.74) is -0.335. The predicted octanol–water partition coefficient (Wildman–Crippen LogP) is 2.05. The van der Waals surface area contributed by atoms with Crippen LogP contribution in [-0.4, -0.2) is 25.1 Å². The number of anilines is 1. The van der Waals surface area contributed by atoms with Crippen molar-refractivity contribution in [3.63, 3.8) is 0 Å². The van der Waals surface area contributed by atoms with Crippen molar-refractivity contribution in [2.24, 2.45) is 5.92 Å². The number of benzene rings is 1. The highest BCUT2D eigenvalue weighted by Gasteiger charge is 2.42. The van der Waals surface area contributed by atoms with Crippen LogP contribution in [0.15, 0.2) is 18.2 Å². The lowest BCUT2D eigenvalue weighted by Gasteiger charge is -2.23. The number of rotatable bonds is 6. The lowest BCUT2D eigenvalue weighted by Crippen LogP contribution is -2.48. The lowest BCUT2D eigenvalue weighted by atomic mass is 9.98. The first-order valence-electron chi connectivity index (χ1n) is 6.78. The van der Waals surface area contributed by atoms with Gasteiger partial charge >= 0.3 is 0 Å². The predicted molar refractivity (Wildman–Crippen MR) is 76.3 cm³/mol. The number of nitriles is 1. The Morgan fingerprint density at radius 3 is 2.81 bits per heavy atom. The summed E-state index contributed by atoms with van der Waals surface area (Å²) < 4.78 is 18.3. The maximum atomic E-state index is 13.5. The third-order valence-electron chi connectivity index (χ3n) is 3.63. The zero-order valence-electron chi connectivity index (χ0n) is 12.1. The standard InChI is InChI=1S/C15H18FN3O2/c1-15(9-17,10-3-4-10)19-14(20)8-18-11-5-6-13(21-2)12(16)7-11/h5-7,10,18H,3-4,8H2,1-2H3,(H,19,20)/t15-/m0/s1. The van der Waals surface area contributed by atoms with Gasteiger partial charge in [0.25, 0.3) is 0 Å². The molecule has 0 bridgehead atoms. The van der Waals surface area contributed by atoms with Crippen LogP contribution in [0.4, 0.5) is 10.1 Å². The molecule has 1 aliphatic carbocycles. The first-order valence-corrected chi connectivity index (χ1v) is 6.78.